The number of benzene rings is 1. The summed E-state index contributed by atoms with van der Waals surface area (Å²) >= 11 is 5.82. The fourth-order valence-electron chi connectivity index (χ4n) is 1.43. The van der Waals surface area contributed by atoms with E-state index in [-0.39, 0.29) is 5.02 Å². The Balaban J connectivity index is 1.95. The second-order valence-corrected chi connectivity index (χ2v) is 4.00. The van der Waals surface area contributed by atoms with Gasteiger partial charge in [0, 0.05) is 6.54 Å². The lowest BCUT2D eigenvalue weighted by Crippen LogP contribution is -2.11. The van der Waals surface area contributed by atoms with Gasteiger partial charge in [-0.3, -0.25) is 4.79 Å². The van der Waals surface area contributed by atoms with E-state index in [0.717, 1.165) is 5.56 Å². The third-order valence-electron chi connectivity index (χ3n) is 2.32. The molecule has 0 radical (unpaired) electrons. The van der Waals surface area contributed by atoms with Gasteiger partial charge in [-0.15, -0.1) is 0 Å². The van der Waals surface area contributed by atoms with Crippen molar-refractivity contribution in [1.29, 1.82) is 0 Å². The van der Waals surface area contributed by atoms with Crippen molar-refractivity contribution in [3.63, 3.8) is 0 Å². The maximum absolute atomic E-state index is 11.2. The number of aromatic nitrogens is 2. The van der Waals surface area contributed by atoms with E-state index >= 15 is 0 Å². The molecule has 0 saturated carbocycles. The summed E-state index contributed by atoms with van der Waals surface area (Å²) in [6.45, 7) is 0.569. The first-order valence-corrected chi connectivity index (χ1v) is 5.84. The summed E-state index contributed by atoms with van der Waals surface area (Å²) in [7, 11) is 0. The minimum atomic E-state index is -0.395. The summed E-state index contributed by atoms with van der Waals surface area (Å²) < 4.78 is 0. The molecule has 0 spiro atoms. The van der Waals surface area contributed by atoms with Crippen LogP contribution in [0.3, 0.4) is 0 Å². The summed E-state index contributed by atoms with van der Waals surface area (Å²) in [5.74, 6) is 0. The van der Waals surface area contributed by atoms with Gasteiger partial charge in [0.05, 0.1) is 11.9 Å². The zero-order valence-corrected chi connectivity index (χ0v) is 10.3. The van der Waals surface area contributed by atoms with Crippen molar-refractivity contribution in [2.24, 2.45) is 0 Å². The van der Waals surface area contributed by atoms with Crippen LogP contribution in [0.5, 0.6) is 0 Å². The molecule has 4 nitrogen and oxygen atoms in total. The minimum Gasteiger partial charge on any atom is -0.379 e. The van der Waals surface area contributed by atoms with Gasteiger partial charge in [0.25, 0.3) is 5.56 Å². The number of H-pyrrole nitrogens is 1. The predicted octanol–water partition coefficient (Wildman–Crippen LogP) is 2.55. The van der Waals surface area contributed by atoms with Gasteiger partial charge < -0.3 is 5.32 Å². The van der Waals surface area contributed by atoms with Crippen molar-refractivity contribution in [2.75, 3.05) is 11.9 Å². The van der Waals surface area contributed by atoms with E-state index in [2.05, 4.69) is 15.5 Å². The Morgan fingerprint density at radius 3 is 2.89 bits per heavy atom. The number of aromatic amines is 1. The SMILES string of the molecule is O=c1[nH]ncc(NC/C=C/c2ccccc2)c1Cl. The number of hydrogen-bond donors (Lipinski definition) is 2. The van der Waals surface area contributed by atoms with Crippen LogP contribution in [-0.2, 0) is 0 Å². The van der Waals surface area contributed by atoms with Crippen molar-refractivity contribution in [3.8, 4) is 0 Å². The molecule has 1 aromatic carbocycles. The zero-order valence-electron chi connectivity index (χ0n) is 9.56. The van der Waals surface area contributed by atoms with Gasteiger partial charge in [-0.05, 0) is 5.56 Å². The van der Waals surface area contributed by atoms with Crippen molar-refractivity contribution in [1.82, 2.24) is 10.2 Å². The largest absolute Gasteiger partial charge is 0.379 e. The van der Waals surface area contributed by atoms with Gasteiger partial charge >= 0.3 is 0 Å². The quantitative estimate of drug-likeness (QED) is 0.889. The molecular weight excluding hydrogens is 250 g/mol. The zero-order chi connectivity index (χ0) is 12.8. The lowest BCUT2D eigenvalue weighted by atomic mass is 10.2. The lowest BCUT2D eigenvalue weighted by molar-refractivity contribution is 0.987. The molecule has 0 aliphatic carbocycles. The molecule has 0 aliphatic rings. The predicted molar refractivity (Wildman–Crippen MR) is 73.8 cm³/mol. The van der Waals surface area contributed by atoms with Crippen LogP contribution >= 0.6 is 11.6 Å². The molecule has 18 heavy (non-hydrogen) atoms. The summed E-state index contributed by atoms with van der Waals surface area (Å²) in [5, 5.41) is 9.08. The van der Waals surface area contributed by atoms with Gasteiger partial charge in [-0.2, -0.15) is 5.10 Å². The van der Waals surface area contributed by atoms with Gasteiger partial charge in [0.2, 0.25) is 0 Å². The highest BCUT2D eigenvalue weighted by atomic mass is 35.5. The van der Waals surface area contributed by atoms with E-state index < -0.39 is 5.56 Å². The van der Waals surface area contributed by atoms with Crippen molar-refractivity contribution in [2.45, 2.75) is 0 Å². The van der Waals surface area contributed by atoms with E-state index in [1.807, 2.05) is 42.5 Å². The second kappa shape index (κ2) is 6.02. The number of anilines is 1. The molecule has 92 valence electrons. The second-order valence-electron chi connectivity index (χ2n) is 3.62. The summed E-state index contributed by atoms with van der Waals surface area (Å²) in [6, 6.07) is 9.95. The molecule has 0 amide bonds. The Kier molecular flexibility index (Phi) is 4.15. The van der Waals surface area contributed by atoms with Crippen LogP contribution in [-0.4, -0.2) is 16.7 Å². The van der Waals surface area contributed by atoms with Crippen molar-refractivity contribution >= 4 is 23.4 Å². The van der Waals surface area contributed by atoms with E-state index in [0.29, 0.717) is 12.2 Å². The van der Waals surface area contributed by atoms with Crippen LogP contribution in [0, 0.1) is 0 Å². The van der Waals surface area contributed by atoms with Gasteiger partial charge in [-0.25, -0.2) is 5.10 Å². The number of nitrogens with one attached hydrogen (secondary N) is 2. The molecule has 2 rings (SSSR count). The topological polar surface area (TPSA) is 57.8 Å². The highest BCUT2D eigenvalue weighted by Crippen LogP contribution is 2.13. The number of rotatable bonds is 4. The van der Waals surface area contributed by atoms with E-state index in [4.69, 9.17) is 11.6 Å². The third-order valence-corrected chi connectivity index (χ3v) is 2.69. The normalized spacial score (nSPS) is 10.7. The van der Waals surface area contributed by atoms with Gasteiger partial charge in [0.1, 0.15) is 5.02 Å². The Morgan fingerprint density at radius 2 is 2.11 bits per heavy atom. The van der Waals surface area contributed by atoms with Crippen LogP contribution in [0.4, 0.5) is 5.69 Å². The smallest absolute Gasteiger partial charge is 0.285 e. The highest BCUT2D eigenvalue weighted by Gasteiger charge is 2.02. The van der Waals surface area contributed by atoms with Crippen LogP contribution in [0.25, 0.3) is 6.08 Å². The van der Waals surface area contributed by atoms with E-state index in [1.165, 1.54) is 6.20 Å². The number of hydrogen-bond acceptors (Lipinski definition) is 3. The van der Waals surface area contributed by atoms with E-state index in [1.54, 1.807) is 0 Å². The molecule has 2 N–H and O–H groups in total. The average Bonchev–Trinajstić information content (AvgIpc) is 2.40. The van der Waals surface area contributed by atoms with Gasteiger partial charge in [0.15, 0.2) is 0 Å². The first kappa shape index (κ1) is 12.4. The third kappa shape index (κ3) is 3.21. The monoisotopic (exact) mass is 261 g/mol. The molecular formula is C13H12ClN3O. The number of nitrogens with zero attached hydrogens (tertiary/aromatic N) is 1. The number of halogens is 1. The highest BCUT2D eigenvalue weighted by molar-refractivity contribution is 6.32. The molecule has 0 atom stereocenters. The molecule has 5 heteroatoms. The Hall–Kier alpha value is -2.07. The molecule has 2 aromatic rings. The van der Waals surface area contributed by atoms with Gasteiger partial charge in [-0.1, -0.05) is 54.1 Å². The Bertz CT molecular complexity index is 593. The molecule has 1 aromatic heterocycles. The van der Waals surface area contributed by atoms with Crippen LogP contribution in [0.2, 0.25) is 5.02 Å². The fraction of sp³-hybridized carbons (Fsp3) is 0.0769. The van der Waals surface area contributed by atoms with Crippen LogP contribution in [0.1, 0.15) is 5.56 Å². The molecule has 1 heterocycles. The van der Waals surface area contributed by atoms with Crippen molar-refractivity contribution < 1.29 is 0 Å². The molecule has 0 bridgehead atoms. The summed E-state index contributed by atoms with van der Waals surface area (Å²) in [4.78, 5) is 11.2. The van der Waals surface area contributed by atoms with Crippen LogP contribution < -0.4 is 10.9 Å². The van der Waals surface area contributed by atoms with Crippen LogP contribution in [0.15, 0.2) is 47.4 Å². The molecule has 0 unspecified atom stereocenters. The average molecular weight is 262 g/mol. The standard InChI is InChI=1S/C13H12ClN3O/c14-12-11(9-16-17-13(12)18)15-8-4-7-10-5-2-1-3-6-10/h1-7,9H,8H2,(H2,15,17,18)/b7-4+. The lowest BCUT2D eigenvalue weighted by Gasteiger charge is -2.03. The van der Waals surface area contributed by atoms with E-state index in [9.17, 15) is 4.79 Å². The molecule has 0 saturated heterocycles. The molecule has 0 fully saturated rings. The van der Waals surface area contributed by atoms with Crippen molar-refractivity contribution in [3.05, 3.63) is 63.5 Å². The Morgan fingerprint density at radius 1 is 1.33 bits per heavy atom. The Labute approximate surface area is 109 Å². The summed E-state index contributed by atoms with van der Waals surface area (Å²) in [5.41, 5.74) is 1.25. The maximum Gasteiger partial charge on any atom is 0.285 e. The minimum absolute atomic E-state index is 0.123. The first-order valence-electron chi connectivity index (χ1n) is 5.46. The summed E-state index contributed by atoms with van der Waals surface area (Å²) in [6.07, 6.45) is 5.43. The fourth-order valence-corrected chi connectivity index (χ4v) is 1.59. The molecule has 0 aliphatic heterocycles. The maximum atomic E-state index is 11.2. The first-order chi connectivity index (χ1) is 8.77.